The first kappa shape index (κ1) is 24.9. The Balaban J connectivity index is 1.61. The third-order valence-corrected chi connectivity index (χ3v) is 8.27. The number of benzene rings is 2. The summed E-state index contributed by atoms with van der Waals surface area (Å²) in [5, 5.41) is 0. The summed E-state index contributed by atoms with van der Waals surface area (Å²) in [5.74, 6) is 1.47. The van der Waals surface area contributed by atoms with Crippen LogP contribution in [0.3, 0.4) is 0 Å². The molecule has 1 heterocycles. The Morgan fingerprint density at radius 2 is 1.94 bits per heavy atom. The maximum Gasteiger partial charge on any atom is 0.411 e. The molecular weight excluding hydrogens is 482 g/mol. The lowest BCUT2D eigenvalue weighted by atomic mass is 9.49. The minimum Gasteiger partial charge on any atom is -0.493 e. The van der Waals surface area contributed by atoms with Gasteiger partial charge in [-0.1, -0.05) is 48.0 Å². The van der Waals surface area contributed by atoms with E-state index >= 15 is 0 Å². The van der Waals surface area contributed by atoms with E-state index in [4.69, 9.17) is 30.5 Å². The van der Waals surface area contributed by atoms with Gasteiger partial charge in [0.05, 0.1) is 18.8 Å². The molecule has 8 heteroatoms. The zero-order valence-electron chi connectivity index (χ0n) is 20.9. The second-order valence-corrected chi connectivity index (χ2v) is 10.5. The molecule has 1 aliphatic heterocycles. The van der Waals surface area contributed by atoms with Crippen LogP contribution in [0.5, 0.6) is 11.5 Å². The van der Waals surface area contributed by atoms with Gasteiger partial charge in [-0.2, -0.15) is 0 Å². The van der Waals surface area contributed by atoms with Crippen LogP contribution >= 0.6 is 11.6 Å². The molecule has 36 heavy (non-hydrogen) atoms. The molecule has 0 spiro atoms. The van der Waals surface area contributed by atoms with Gasteiger partial charge in [0.2, 0.25) is 0 Å². The molecule has 2 aromatic rings. The van der Waals surface area contributed by atoms with Crippen molar-refractivity contribution in [2.45, 2.75) is 68.3 Å². The zero-order chi connectivity index (χ0) is 25.5. The molecule has 1 unspecified atom stereocenters. The van der Waals surface area contributed by atoms with Crippen molar-refractivity contribution in [3.63, 3.8) is 0 Å². The van der Waals surface area contributed by atoms with Gasteiger partial charge in [0.1, 0.15) is 12.4 Å². The van der Waals surface area contributed by atoms with E-state index in [9.17, 15) is 9.59 Å². The lowest BCUT2D eigenvalue weighted by Crippen LogP contribution is -2.74. The number of ether oxygens (including phenoxy) is 4. The lowest BCUT2D eigenvalue weighted by molar-refractivity contribution is -0.182. The van der Waals surface area contributed by atoms with E-state index in [0.29, 0.717) is 56.8 Å². The molecule has 2 bridgehead atoms. The molecule has 5 rings (SSSR count). The number of carbonyl (C=O) groups excluding carboxylic acids is 2. The number of amides is 1. The Labute approximate surface area is 216 Å². The van der Waals surface area contributed by atoms with Crippen LogP contribution in [0, 0.1) is 0 Å². The smallest absolute Gasteiger partial charge is 0.411 e. The normalized spacial score (nSPS) is 27.5. The summed E-state index contributed by atoms with van der Waals surface area (Å²) in [7, 11) is 3.32. The van der Waals surface area contributed by atoms with Crippen LogP contribution in [-0.2, 0) is 32.7 Å². The second kappa shape index (κ2) is 9.60. The molecule has 2 aromatic carbocycles. The van der Waals surface area contributed by atoms with Gasteiger partial charge in [-0.05, 0) is 43.4 Å². The fourth-order valence-corrected chi connectivity index (χ4v) is 6.84. The van der Waals surface area contributed by atoms with Gasteiger partial charge < -0.3 is 23.8 Å². The van der Waals surface area contributed by atoms with Gasteiger partial charge in [-0.15, -0.1) is 0 Å². The van der Waals surface area contributed by atoms with Gasteiger partial charge >= 0.3 is 6.09 Å². The molecular formula is C28H32ClNO6. The molecule has 4 atom stereocenters. The third-order valence-electron chi connectivity index (χ3n) is 8.18. The van der Waals surface area contributed by atoms with Gasteiger partial charge in [-0.3, -0.25) is 4.79 Å². The zero-order valence-corrected chi connectivity index (χ0v) is 21.7. The molecule has 192 valence electrons. The number of carbonyl (C=O) groups is 2. The molecule has 3 aliphatic rings. The molecule has 1 amide bonds. The summed E-state index contributed by atoms with van der Waals surface area (Å²) in [4.78, 5) is 27.8. The lowest BCUT2D eigenvalue weighted by Gasteiger charge is -2.64. The first-order valence-electron chi connectivity index (χ1n) is 12.4. The van der Waals surface area contributed by atoms with E-state index < -0.39 is 22.7 Å². The molecule has 1 saturated carbocycles. The van der Waals surface area contributed by atoms with Crippen molar-refractivity contribution in [2.24, 2.45) is 0 Å². The van der Waals surface area contributed by atoms with Gasteiger partial charge in [0, 0.05) is 37.5 Å². The fraction of sp³-hybridized carbons (Fsp3) is 0.500. The Morgan fingerprint density at radius 3 is 2.64 bits per heavy atom. The number of methoxy groups -OCH3 is 2. The van der Waals surface area contributed by atoms with E-state index in [-0.39, 0.29) is 11.8 Å². The number of halogens is 1. The Kier molecular flexibility index (Phi) is 6.64. The molecule has 7 nitrogen and oxygen atoms in total. The fourth-order valence-electron chi connectivity index (χ4n) is 6.76. The summed E-state index contributed by atoms with van der Waals surface area (Å²) < 4.78 is 24.0. The third kappa shape index (κ3) is 3.84. The van der Waals surface area contributed by atoms with Crippen LogP contribution in [0.15, 0.2) is 42.5 Å². The highest BCUT2D eigenvalue weighted by molar-refractivity contribution is 6.19. The number of fused-ring (bicyclic) bond motifs is 1. The van der Waals surface area contributed by atoms with Crippen LogP contribution in [-0.4, -0.2) is 54.7 Å². The summed E-state index contributed by atoms with van der Waals surface area (Å²) in [6, 6.07) is 13.6. The Morgan fingerprint density at radius 1 is 1.17 bits per heavy atom. The van der Waals surface area contributed by atoms with E-state index in [1.165, 1.54) is 0 Å². The molecule has 2 aliphatic carbocycles. The van der Waals surface area contributed by atoms with Crippen LogP contribution in [0.1, 0.15) is 49.3 Å². The summed E-state index contributed by atoms with van der Waals surface area (Å²) in [6.45, 7) is 2.45. The number of likely N-dealkylation sites (tertiary alicyclic amines) is 1. The van der Waals surface area contributed by atoms with E-state index in [1.54, 1.807) is 26.0 Å². The minimum atomic E-state index is -0.758. The number of Topliss-reactive ketones (excluding diaryl/α,β-unsaturated/α-hetero) is 1. The summed E-state index contributed by atoms with van der Waals surface area (Å²) in [6.07, 6.45) is 1.90. The molecule has 1 saturated heterocycles. The van der Waals surface area contributed by atoms with Crippen molar-refractivity contribution < 1.29 is 28.5 Å². The van der Waals surface area contributed by atoms with Gasteiger partial charge in [-0.25, -0.2) is 4.79 Å². The largest absolute Gasteiger partial charge is 0.493 e. The summed E-state index contributed by atoms with van der Waals surface area (Å²) >= 11 is 5.99. The van der Waals surface area contributed by atoms with E-state index in [2.05, 4.69) is 0 Å². The maximum atomic E-state index is 13.1. The van der Waals surface area contributed by atoms with Gasteiger partial charge in [0.15, 0.2) is 17.1 Å². The van der Waals surface area contributed by atoms with Crippen molar-refractivity contribution in [2.75, 3.05) is 20.8 Å². The topological polar surface area (TPSA) is 74.3 Å². The molecule has 0 N–H and O–H groups in total. The van der Waals surface area contributed by atoms with Crippen molar-refractivity contribution in [1.29, 1.82) is 0 Å². The first-order valence-corrected chi connectivity index (χ1v) is 12.8. The number of nitrogens with zero attached hydrogens (tertiary/aromatic N) is 1. The highest BCUT2D eigenvalue weighted by atomic mass is 35.5. The van der Waals surface area contributed by atoms with Crippen molar-refractivity contribution in [3.8, 4) is 11.5 Å². The first-order chi connectivity index (χ1) is 17.3. The van der Waals surface area contributed by atoms with Crippen LogP contribution in [0.25, 0.3) is 0 Å². The number of piperidine rings is 1. The minimum absolute atomic E-state index is 0.192. The predicted octanol–water partition coefficient (Wildman–Crippen LogP) is 5.00. The van der Waals surface area contributed by atoms with Crippen LogP contribution in [0.4, 0.5) is 4.79 Å². The standard InChI is InChI=1S/C28H32ClNO6/c1-18(29)36-26(32)30-14-13-27-16-21(31)11-12-28(27,34-3)23(30)15-20-9-10-22(25(33-2)24(20)27)35-17-19-7-5-4-6-8-19/h4-10,18,23H,11-17H2,1-3H3/t18?,23-,27-,28-/m1/s1. The molecule has 2 fully saturated rings. The Bertz CT molecular complexity index is 1150. The van der Waals surface area contributed by atoms with Crippen LogP contribution in [0.2, 0.25) is 0 Å². The monoisotopic (exact) mass is 513 g/mol. The quantitative estimate of drug-likeness (QED) is 0.506. The van der Waals surface area contributed by atoms with Gasteiger partial charge in [0.25, 0.3) is 0 Å². The average Bonchev–Trinajstić information content (AvgIpc) is 2.87. The number of hydrogen-bond acceptors (Lipinski definition) is 6. The maximum absolute atomic E-state index is 13.1. The van der Waals surface area contributed by atoms with Crippen LogP contribution < -0.4 is 9.47 Å². The average molecular weight is 514 g/mol. The summed E-state index contributed by atoms with van der Waals surface area (Å²) in [5.41, 5.74) is 0.913. The van der Waals surface area contributed by atoms with E-state index in [1.807, 2.05) is 42.5 Å². The number of hydrogen-bond donors (Lipinski definition) is 0. The van der Waals surface area contributed by atoms with Crippen molar-refractivity contribution >= 4 is 23.5 Å². The number of alkyl halides is 1. The number of rotatable bonds is 6. The predicted molar refractivity (Wildman–Crippen MR) is 135 cm³/mol. The molecule has 0 radical (unpaired) electrons. The SMILES string of the molecule is COc1c(OCc2ccccc2)ccc2c1[C@]13CCN(C(=O)OC(C)Cl)[C@H](C2)[C@]1(OC)CCC(=O)C3. The number of ketones is 1. The van der Waals surface area contributed by atoms with Crippen molar-refractivity contribution in [3.05, 3.63) is 59.2 Å². The highest BCUT2D eigenvalue weighted by Gasteiger charge is 2.67. The van der Waals surface area contributed by atoms with Crippen molar-refractivity contribution in [1.82, 2.24) is 4.90 Å². The molecule has 0 aromatic heterocycles. The highest BCUT2D eigenvalue weighted by Crippen LogP contribution is 2.62. The Hall–Kier alpha value is -2.77. The second-order valence-electron chi connectivity index (χ2n) is 9.89. The van der Waals surface area contributed by atoms with E-state index in [0.717, 1.165) is 16.7 Å².